The van der Waals surface area contributed by atoms with Crippen LogP contribution >= 0.6 is 28.1 Å². The van der Waals surface area contributed by atoms with Gasteiger partial charge in [-0.15, -0.1) is 0 Å². The Morgan fingerprint density at radius 2 is 1.52 bits per heavy atom. The first-order valence-corrected chi connectivity index (χ1v) is 8.60. The highest BCUT2D eigenvalue weighted by Gasteiger charge is 2.12. The number of carbonyl (C=O) groups is 1. The SMILES string of the molecule is O=C(NC(=S)Nc1ccc(Nc2ccccc2)cc1)c1ccc(Br)o1. The summed E-state index contributed by atoms with van der Waals surface area (Å²) in [6.45, 7) is 0. The van der Waals surface area contributed by atoms with Gasteiger partial charge in [0.15, 0.2) is 15.5 Å². The smallest absolute Gasteiger partial charge is 0.293 e. The molecule has 7 heteroatoms. The lowest BCUT2D eigenvalue weighted by Gasteiger charge is -2.10. The monoisotopic (exact) mass is 415 g/mol. The van der Waals surface area contributed by atoms with Crippen LogP contribution < -0.4 is 16.0 Å². The fourth-order valence-corrected chi connectivity index (χ4v) is 2.61. The molecule has 0 aliphatic heterocycles. The van der Waals surface area contributed by atoms with E-state index in [1.807, 2.05) is 54.6 Å². The Balaban J connectivity index is 1.55. The highest BCUT2D eigenvalue weighted by molar-refractivity contribution is 9.10. The molecule has 1 heterocycles. The summed E-state index contributed by atoms with van der Waals surface area (Å²) in [5, 5.41) is 9.01. The van der Waals surface area contributed by atoms with Gasteiger partial charge in [0.2, 0.25) is 0 Å². The van der Waals surface area contributed by atoms with Crippen molar-refractivity contribution in [2.45, 2.75) is 0 Å². The molecule has 25 heavy (non-hydrogen) atoms. The van der Waals surface area contributed by atoms with Gasteiger partial charge in [-0.1, -0.05) is 18.2 Å². The molecule has 1 aromatic heterocycles. The summed E-state index contributed by atoms with van der Waals surface area (Å²) in [7, 11) is 0. The molecular weight excluding hydrogens is 402 g/mol. The van der Waals surface area contributed by atoms with Crippen LogP contribution in [0.1, 0.15) is 10.6 Å². The lowest BCUT2D eigenvalue weighted by molar-refractivity contribution is 0.0949. The maximum atomic E-state index is 12.0. The second kappa shape index (κ2) is 7.96. The number of nitrogens with one attached hydrogen (secondary N) is 3. The van der Waals surface area contributed by atoms with Gasteiger partial charge < -0.3 is 15.1 Å². The van der Waals surface area contributed by atoms with Crippen molar-refractivity contribution in [2.24, 2.45) is 0 Å². The van der Waals surface area contributed by atoms with E-state index in [0.29, 0.717) is 4.67 Å². The number of halogens is 1. The number of furan rings is 1. The molecule has 1 amide bonds. The number of benzene rings is 2. The zero-order valence-corrected chi connectivity index (χ0v) is 15.4. The van der Waals surface area contributed by atoms with E-state index >= 15 is 0 Å². The Morgan fingerprint density at radius 3 is 2.16 bits per heavy atom. The normalized spacial score (nSPS) is 10.1. The third-order valence-corrected chi connectivity index (χ3v) is 3.86. The molecule has 0 bridgehead atoms. The average molecular weight is 416 g/mol. The molecule has 0 fully saturated rings. The van der Waals surface area contributed by atoms with Crippen molar-refractivity contribution in [3.05, 3.63) is 77.2 Å². The minimum Gasteiger partial charge on any atom is -0.444 e. The summed E-state index contributed by atoms with van der Waals surface area (Å²) in [5.74, 6) is -0.232. The van der Waals surface area contributed by atoms with Gasteiger partial charge in [-0.25, -0.2) is 0 Å². The van der Waals surface area contributed by atoms with Crippen molar-refractivity contribution in [3.63, 3.8) is 0 Å². The van der Waals surface area contributed by atoms with Crippen LogP contribution in [-0.2, 0) is 0 Å². The van der Waals surface area contributed by atoms with Crippen LogP contribution in [0, 0.1) is 0 Å². The Hall–Kier alpha value is -2.64. The highest BCUT2D eigenvalue weighted by atomic mass is 79.9. The lowest BCUT2D eigenvalue weighted by Crippen LogP contribution is -2.33. The number of amides is 1. The number of hydrogen-bond donors (Lipinski definition) is 3. The van der Waals surface area contributed by atoms with Crippen LogP contribution in [0.2, 0.25) is 0 Å². The second-order valence-electron chi connectivity index (χ2n) is 5.08. The van der Waals surface area contributed by atoms with Crippen molar-refractivity contribution in [2.75, 3.05) is 10.6 Å². The molecule has 5 nitrogen and oxygen atoms in total. The summed E-state index contributed by atoms with van der Waals surface area (Å²) in [4.78, 5) is 12.0. The Bertz CT molecular complexity index is 879. The molecule has 3 rings (SSSR count). The minimum atomic E-state index is -0.412. The predicted molar refractivity (Wildman–Crippen MR) is 106 cm³/mol. The minimum absolute atomic E-state index is 0.179. The lowest BCUT2D eigenvalue weighted by atomic mass is 10.2. The van der Waals surface area contributed by atoms with Gasteiger partial charge in [0.25, 0.3) is 5.91 Å². The zero-order valence-electron chi connectivity index (χ0n) is 13.0. The topological polar surface area (TPSA) is 66.3 Å². The summed E-state index contributed by atoms with van der Waals surface area (Å²) in [6.07, 6.45) is 0. The van der Waals surface area contributed by atoms with E-state index in [1.165, 1.54) is 0 Å². The molecular formula is C18H14BrN3O2S. The van der Waals surface area contributed by atoms with E-state index in [9.17, 15) is 4.79 Å². The summed E-state index contributed by atoms with van der Waals surface area (Å²) in [6, 6.07) is 20.7. The molecule has 0 atom stereocenters. The van der Waals surface area contributed by atoms with Crippen molar-refractivity contribution in [1.82, 2.24) is 5.32 Å². The van der Waals surface area contributed by atoms with Gasteiger partial charge in [0.1, 0.15) is 0 Å². The summed E-state index contributed by atoms with van der Waals surface area (Å²) >= 11 is 8.29. The first-order chi connectivity index (χ1) is 12.1. The van der Waals surface area contributed by atoms with Gasteiger partial charge >= 0.3 is 0 Å². The maximum Gasteiger partial charge on any atom is 0.293 e. The molecule has 0 saturated heterocycles. The summed E-state index contributed by atoms with van der Waals surface area (Å²) in [5.41, 5.74) is 2.73. The predicted octanol–water partition coefficient (Wildman–Crippen LogP) is 4.91. The van der Waals surface area contributed by atoms with Crippen molar-refractivity contribution in [3.8, 4) is 0 Å². The van der Waals surface area contributed by atoms with Crippen molar-refractivity contribution < 1.29 is 9.21 Å². The molecule has 2 aromatic carbocycles. The second-order valence-corrected chi connectivity index (χ2v) is 6.27. The number of para-hydroxylation sites is 1. The Kier molecular flexibility index (Phi) is 5.47. The first kappa shape index (κ1) is 17.2. The van der Waals surface area contributed by atoms with E-state index in [2.05, 4.69) is 31.9 Å². The van der Waals surface area contributed by atoms with E-state index in [0.717, 1.165) is 17.1 Å². The van der Waals surface area contributed by atoms with Gasteiger partial charge in [-0.2, -0.15) is 0 Å². The fraction of sp³-hybridized carbons (Fsp3) is 0. The Labute approximate surface area is 158 Å². The molecule has 3 aromatic rings. The third-order valence-electron chi connectivity index (χ3n) is 3.23. The number of anilines is 3. The molecule has 0 aliphatic carbocycles. The number of hydrogen-bond acceptors (Lipinski definition) is 4. The van der Waals surface area contributed by atoms with Gasteiger partial charge in [-0.3, -0.25) is 10.1 Å². The van der Waals surface area contributed by atoms with E-state index < -0.39 is 5.91 Å². The molecule has 3 N–H and O–H groups in total. The molecule has 0 saturated carbocycles. The molecule has 126 valence electrons. The largest absolute Gasteiger partial charge is 0.444 e. The van der Waals surface area contributed by atoms with E-state index in [4.69, 9.17) is 16.6 Å². The van der Waals surface area contributed by atoms with Crippen LogP contribution in [0.15, 0.2) is 75.8 Å². The zero-order chi connectivity index (χ0) is 17.6. The fourth-order valence-electron chi connectivity index (χ4n) is 2.09. The molecule has 0 spiro atoms. The first-order valence-electron chi connectivity index (χ1n) is 7.40. The van der Waals surface area contributed by atoms with Gasteiger partial charge in [0.05, 0.1) is 0 Å². The quantitative estimate of drug-likeness (QED) is 0.528. The van der Waals surface area contributed by atoms with Crippen molar-refractivity contribution >= 4 is 56.2 Å². The van der Waals surface area contributed by atoms with Crippen LogP contribution in [-0.4, -0.2) is 11.0 Å². The maximum absolute atomic E-state index is 12.0. The van der Waals surface area contributed by atoms with Crippen LogP contribution in [0.3, 0.4) is 0 Å². The standard InChI is InChI=1S/C18H14BrN3O2S/c19-16-11-10-15(24-16)17(23)22-18(25)21-14-8-6-13(7-9-14)20-12-4-2-1-3-5-12/h1-11,20H,(H2,21,22,23,25). The van der Waals surface area contributed by atoms with Crippen LogP contribution in [0.5, 0.6) is 0 Å². The number of rotatable bonds is 4. The average Bonchev–Trinajstić information content (AvgIpc) is 3.04. The summed E-state index contributed by atoms with van der Waals surface area (Å²) < 4.78 is 5.66. The van der Waals surface area contributed by atoms with Crippen LogP contribution in [0.25, 0.3) is 0 Å². The number of thiocarbonyl (C=S) groups is 1. The third kappa shape index (κ3) is 4.91. The van der Waals surface area contributed by atoms with Gasteiger partial charge in [0, 0.05) is 17.1 Å². The van der Waals surface area contributed by atoms with Crippen LogP contribution in [0.4, 0.5) is 17.1 Å². The molecule has 0 radical (unpaired) electrons. The van der Waals surface area contributed by atoms with E-state index in [-0.39, 0.29) is 10.9 Å². The highest BCUT2D eigenvalue weighted by Crippen LogP contribution is 2.18. The van der Waals surface area contributed by atoms with E-state index in [1.54, 1.807) is 12.1 Å². The number of carbonyl (C=O) groups excluding carboxylic acids is 1. The van der Waals surface area contributed by atoms with Gasteiger partial charge in [-0.05, 0) is 76.7 Å². The van der Waals surface area contributed by atoms with Crippen molar-refractivity contribution in [1.29, 1.82) is 0 Å². The Morgan fingerprint density at radius 1 is 0.880 bits per heavy atom. The molecule has 0 aliphatic rings. The molecule has 0 unspecified atom stereocenters.